The number of hydrogen-bond donors (Lipinski definition) is 0. The summed E-state index contributed by atoms with van der Waals surface area (Å²) in [5.41, 5.74) is 0.500. The predicted molar refractivity (Wildman–Crippen MR) is 67.4 cm³/mol. The molecule has 2 atom stereocenters. The Balaban J connectivity index is 2.05. The lowest BCUT2D eigenvalue weighted by molar-refractivity contribution is 0.0257. The Morgan fingerprint density at radius 2 is 2.28 bits per heavy atom. The maximum Gasteiger partial charge on any atom is 0.171 e. The van der Waals surface area contributed by atoms with Crippen LogP contribution in [0, 0.1) is 0 Å². The van der Waals surface area contributed by atoms with Crippen molar-refractivity contribution in [2.45, 2.75) is 32.0 Å². The standard InChI is InChI=1S/C14H18O4/c1-10-6-7-12(18-10)9-17-14-11(8-15)4-3-5-13(14)16-2/h3-5,8,10,12H,6-7,9H2,1-2H3. The second-order valence-electron chi connectivity index (χ2n) is 4.45. The van der Waals surface area contributed by atoms with E-state index in [9.17, 15) is 4.79 Å². The number of ether oxygens (including phenoxy) is 3. The lowest BCUT2D eigenvalue weighted by Crippen LogP contribution is -2.18. The second-order valence-corrected chi connectivity index (χ2v) is 4.45. The SMILES string of the molecule is COc1cccc(C=O)c1OCC1CCC(C)O1. The molecule has 2 rings (SSSR count). The fraction of sp³-hybridized carbons (Fsp3) is 0.500. The number of rotatable bonds is 5. The van der Waals surface area contributed by atoms with Crippen LogP contribution in [0.1, 0.15) is 30.1 Å². The first-order chi connectivity index (χ1) is 8.74. The molecule has 1 aromatic rings. The molecule has 0 bridgehead atoms. The van der Waals surface area contributed by atoms with Crippen molar-refractivity contribution in [2.24, 2.45) is 0 Å². The molecule has 0 aromatic heterocycles. The van der Waals surface area contributed by atoms with Crippen molar-refractivity contribution in [2.75, 3.05) is 13.7 Å². The van der Waals surface area contributed by atoms with Gasteiger partial charge in [0.05, 0.1) is 24.9 Å². The monoisotopic (exact) mass is 250 g/mol. The number of para-hydroxylation sites is 1. The highest BCUT2D eigenvalue weighted by Crippen LogP contribution is 2.31. The maximum atomic E-state index is 11.0. The number of benzene rings is 1. The molecule has 0 aliphatic carbocycles. The van der Waals surface area contributed by atoms with Crippen molar-refractivity contribution in [3.63, 3.8) is 0 Å². The molecule has 0 amide bonds. The molecule has 1 aliphatic heterocycles. The number of hydrogen-bond acceptors (Lipinski definition) is 4. The van der Waals surface area contributed by atoms with Crippen LogP contribution in [0.3, 0.4) is 0 Å². The molecule has 1 heterocycles. The van der Waals surface area contributed by atoms with E-state index in [4.69, 9.17) is 14.2 Å². The van der Waals surface area contributed by atoms with E-state index in [2.05, 4.69) is 6.92 Å². The minimum Gasteiger partial charge on any atom is -0.493 e. The smallest absolute Gasteiger partial charge is 0.171 e. The van der Waals surface area contributed by atoms with Gasteiger partial charge in [-0.1, -0.05) is 6.07 Å². The summed E-state index contributed by atoms with van der Waals surface area (Å²) in [7, 11) is 1.56. The summed E-state index contributed by atoms with van der Waals surface area (Å²) < 4.78 is 16.6. The van der Waals surface area contributed by atoms with Gasteiger partial charge in [0, 0.05) is 0 Å². The number of carbonyl (C=O) groups excluding carboxylic acids is 1. The quantitative estimate of drug-likeness (QED) is 0.753. The molecule has 1 aromatic carbocycles. The van der Waals surface area contributed by atoms with Gasteiger partial charge in [0.25, 0.3) is 0 Å². The van der Waals surface area contributed by atoms with Crippen molar-refractivity contribution in [3.8, 4) is 11.5 Å². The zero-order chi connectivity index (χ0) is 13.0. The van der Waals surface area contributed by atoms with Gasteiger partial charge in [0.15, 0.2) is 17.8 Å². The second kappa shape index (κ2) is 5.87. The van der Waals surface area contributed by atoms with Crippen LogP contribution < -0.4 is 9.47 Å². The van der Waals surface area contributed by atoms with Crippen molar-refractivity contribution in [1.29, 1.82) is 0 Å². The summed E-state index contributed by atoms with van der Waals surface area (Å²) in [5, 5.41) is 0. The van der Waals surface area contributed by atoms with Crippen molar-refractivity contribution < 1.29 is 19.0 Å². The molecule has 4 heteroatoms. The Kier molecular flexibility index (Phi) is 4.20. The Labute approximate surface area is 107 Å². The number of aldehydes is 1. The first-order valence-corrected chi connectivity index (χ1v) is 6.15. The zero-order valence-electron chi connectivity index (χ0n) is 10.7. The van der Waals surface area contributed by atoms with Crippen LogP contribution in [0.5, 0.6) is 11.5 Å². The third-order valence-electron chi connectivity index (χ3n) is 3.09. The lowest BCUT2D eigenvalue weighted by atomic mass is 10.2. The van der Waals surface area contributed by atoms with Gasteiger partial charge in [0.1, 0.15) is 6.61 Å². The van der Waals surface area contributed by atoms with E-state index in [1.807, 2.05) is 0 Å². The van der Waals surface area contributed by atoms with E-state index < -0.39 is 0 Å². The van der Waals surface area contributed by atoms with E-state index in [1.54, 1.807) is 25.3 Å². The molecule has 4 nitrogen and oxygen atoms in total. The predicted octanol–water partition coefficient (Wildman–Crippen LogP) is 2.45. The molecule has 2 unspecified atom stereocenters. The molecule has 0 saturated carbocycles. The number of carbonyl (C=O) groups is 1. The molecule has 18 heavy (non-hydrogen) atoms. The molecule has 0 spiro atoms. The molecular formula is C14H18O4. The van der Waals surface area contributed by atoms with Gasteiger partial charge in [-0.3, -0.25) is 4.79 Å². The van der Waals surface area contributed by atoms with Crippen LogP contribution in [0.25, 0.3) is 0 Å². The van der Waals surface area contributed by atoms with Crippen LogP contribution in [-0.2, 0) is 4.74 Å². The molecule has 98 valence electrons. The largest absolute Gasteiger partial charge is 0.493 e. The van der Waals surface area contributed by atoms with Crippen LogP contribution >= 0.6 is 0 Å². The summed E-state index contributed by atoms with van der Waals surface area (Å²) in [5.74, 6) is 1.07. The average Bonchev–Trinajstić information content (AvgIpc) is 2.81. The van der Waals surface area contributed by atoms with Crippen LogP contribution in [0.2, 0.25) is 0 Å². The molecular weight excluding hydrogens is 232 g/mol. The van der Waals surface area contributed by atoms with Crippen molar-refractivity contribution in [1.82, 2.24) is 0 Å². The normalized spacial score (nSPS) is 22.8. The fourth-order valence-corrected chi connectivity index (χ4v) is 2.12. The summed E-state index contributed by atoms with van der Waals surface area (Å²) in [6.07, 6.45) is 3.22. The average molecular weight is 250 g/mol. The topological polar surface area (TPSA) is 44.8 Å². The summed E-state index contributed by atoms with van der Waals surface area (Å²) in [4.78, 5) is 11.0. The van der Waals surface area contributed by atoms with Gasteiger partial charge in [-0.05, 0) is 31.9 Å². The zero-order valence-corrected chi connectivity index (χ0v) is 10.7. The molecule has 0 N–H and O–H groups in total. The van der Waals surface area contributed by atoms with Gasteiger partial charge in [0.2, 0.25) is 0 Å². The highest BCUT2D eigenvalue weighted by atomic mass is 16.6. The first-order valence-electron chi connectivity index (χ1n) is 6.15. The summed E-state index contributed by atoms with van der Waals surface area (Å²) in [6.45, 7) is 2.51. The maximum absolute atomic E-state index is 11.0. The van der Waals surface area contributed by atoms with Gasteiger partial charge in [-0.2, -0.15) is 0 Å². The highest BCUT2D eigenvalue weighted by Gasteiger charge is 2.23. The first kappa shape index (κ1) is 12.9. The third-order valence-corrected chi connectivity index (χ3v) is 3.09. The van der Waals surface area contributed by atoms with E-state index in [0.717, 1.165) is 19.1 Å². The van der Waals surface area contributed by atoms with Gasteiger partial charge in [-0.25, -0.2) is 0 Å². The Morgan fingerprint density at radius 3 is 2.89 bits per heavy atom. The summed E-state index contributed by atoms with van der Waals surface area (Å²) in [6, 6.07) is 5.26. The van der Waals surface area contributed by atoms with Gasteiger partial charge in [-0.15, -0.1) is 0 Å². The van der Waals surface area contributed by atoms with E-state index in [0.29, 0.717) is 29.8 Å². The van der Waals surface area contributed by atoms with Crippen LogP contribution in [0.15, 0.2) is 18.2 Å². The lowest BCUT2D eigenvalue weighted by Gasteiger charge is -2.16. The molecule has 1 fully saturated rings. The minimum absolute atomic E-state index is 0.101. The van der Waals surface area contributed by atoms with Gasteiger partial charge >= 0.3 is 0 Å². The Bertz CT molecular complexity index is 416. The minimum atomic E-state index is 0.101. The highest BCUT2D eigenvalue weighted by molar-refractivity contribution is 5.81. The number of methoxy groups -OCH3 is 1. The Morgan fingerprint density at radius 1 is 1.44 bits per heavy atom. The van der Waals surface area contributed by atoms with E-state index in [-0.39, 0.29) is 6.10 Å². The molecule has 0 radical (unpaired) electrons. The van der Waals surface area contributed by atoms with E-state index >= 15 is 0 Å². The van der Waals surface area contributed by atoms with E-state index in [1.165, 1.54) is 0 Å². The van der Waals surface area contributed by atoms with Crippen LogP contribution in [0.4, 0.5) is 0 Å². The van der Waals surface area contributed by atoms with Crippen molar-refractivity contribution >= 4 is 6.29 Å². The molecule has 1 aliphatic rings. The molecule has 1 saturated heterocycles. The van der Waals surface area contributed by atoms with Gasteiger partial charge < -0.3 is 14.2 Å². The summed E-state index contributed by atoms with van der Waals surface area (Å²) >= 11 is 0. The van der Waals surface area contributed by atoms with Crippen LogP contribution in [-0.4, -0.2) is 32.2 Å². The van der Waals surface area contributed by atoms with Crippen molar-refractivity contribution in [3.05, 3.63) is 23.8 Å². The third kappa shape index (κ3) is 2.82. The Hall–Kier alpha value is -1.55. The fourth-order valence-electron chi connectivity index (χ4n) is 2.12.